The molecule has 0 aliphatic carbocycles. The first-order valence-electron chi connectivity index (χ1n) is 10.0. The van der Waals surface area contributed by atoms with Gasteiger partial charge in [-0.25, -0.2) is 4.68 Å². The average molecular weight is 459 g/mol. The molecule has 0 radical (unpaired) electrons. The molecule has 11 heteroatoms. The summed E-state index contributed by atoms with van der Waals surface area (Å²) >= 11 is 6.41. The van der Waals surface area contributed by atoms with E-state index >= 15 is 0 Å². The fourth-order valence-electron chi connectivity index (χ4n) is 4.02. The Morgan fingerprint density at radius 2 is 1.90 bits per heavy atom. The van der Waals surface area contributed by atoms with E-state index in [0.717, 1.165) is 17.8 Å². The topological polar surface area (TPSA) is 63.8 Å². The fraction of sp³-hybridized carbons (Fsp3) is 0.500. The number of anilines is 1. The molecule has 2 aliphatic heterocycles. The van der Waals surface area contributed by atoms with Crippen molar-refractivity contribution in [3.05, 3.63) is 40.5 Å². The van der Waals surface area contributed by atoms with Crippen LogP contribution in [0.4, 0.5) is 19.0 Å². The van der Waals surface area contributed by atoms with Crippen LogP contribution < -0.4 is 15.0 Å². The van der Waals surface area contributed by atoms with Crippen molar-refractivity contribution in [1.29, 1.82) is 0 Å². The molecule has 3 heterocycles. The number of nitrogens with zero attached hydrogens (tertiary/aromatic N) is 3. The number of likely N-dealkylation sites (N-methyl/N-ethyl adjacent to an activating group) is 1. The highest BCUT2D eigenvalue weighted by atomic mass is 35.5. The van der Waals surface area contributed by atoms with E-state index in [1.165, 1.54) is 12.0 Å². The number of carbonyl (C=O) groups excluding carboxylic acids is 1. The summed E-state index contributed by atoms with van der Waals surface area (Å²) in [4.78, 5) is 15.8. The van der Waals surface area contributed by atoms with E-state index in [1.54, 1.807) is 29.2 Å². The number of amides is 1. The summed E-state index contributed by atoms with van der Waals surface area (Å²) in [7, 11) is 3.55. The molecule has 1 amide bonds. The van der Waals surface area contributed by atoms with Gasteiger partial charge in [0.15, 0.2) is 11.7 Å². The third kappa shape index (κ3) is 4.18. The number of quaternary nitrogens is 1. The Balaban J connectivity index is 1.68. The van der Waals surface area contributed by atoms with Crippen molar-refractivity contribution >= 4 is 23.3 Å². The van der Waals surface area contributed by atoms with Gasteiger partial charge in [-0.1, -0.05) is 23.7 Å². The van der Waals surface area contributed by atoms with E-state index in [4.69, 9.17) is 16.3 Å². The highest BCUT2D eigenvalue weighted by Gasteiger charge is 2.48. The Labute approximate surface area is 182 Å². The first kappa shape index (κ1) is 21.8. The largest absolute Gasteiger partial charge is 0.497 e. The Morgan fingerprint density at radius 3 is 2.48 bits per heavy atom. The number of hydrogen-bond donors (Lipinski definition) is 2. The molecule has 168 valence electrons. The van der Waals surface area contributed by atoms with Crippen LogP contribution in [0.2, 0.25) is 5.02 Å². The van der Waals surface area contributed by atoms with Crippen LogP contribution >= 0.6 is 11.6 Å². The Hall–Kier alpha value is -2.46. The van der Waals surface area contributed by atoms with Crippen LogP contribution in [0.5, 0.6) is 5.75 Å². The van der Waals surface area contributed by atoms with Gasteiger partial charge in [-0.2, -0.15) is 18.3 Å². The quantitative estimate of drug-likeness (QED) is 0.740. The third-order valence-corrected chi connectivity index (χ3v) is 6.28. The van der Waals surface area contributed by atoms with Crippen molar-refractivity contribution in [1.82, 2.24) is 14.7 Å². The molecular weight excluding hydrogens is 435 g/mol. The van der Waals surface area contributed by atoms with Gasteiger partial charge in [-0.05, 0) is 17.7 Å². The van der Waals surface area contributed by atoms with Gasteiger partial charge in [0.05, 0.1) is 46.4 Å². The van der Waals surface area contributed by atoms with Gasteiger partial charge < -0.3 is 19.9 Å². The number of carbonyl (C=O) groups is 1. The molecule has 1 aromatic heterocycles. The lowest BCUT2D eigenvalue weighted by Crippen LogP contribution is -3.12. The molecule has 0 saturated carbocycles. The molecule has 1 saturated heterocycles. The summed E-state index contributed by atoms with van der Waals surface area (Å²) < 4.78 is 47.7. The number of fused-ring (bicyclic) bond motifs is 1. The maximum Gasteiger partial charge on any atom is 0.410 e. The molecule has 1 fully saturated rings. The van der Waals surface area contributed by atoms with Crippen molar-refractivity contribution in [3.8, 4) is 5.75 Å². The highest BCUT2D eigenvalue weighted by molar-refractivity contribution is 6.36. The van der Waals surface area contributed by atoms with Crippen LogP contribution in [0.3, 0.4) is 0 Å². The maximum atomic E-state index is 13.9. The summed E-state index contributed by atoms with van der Waals surface area (Å²) in [5, 5.41) is 7.01. The van der Waals surface area contributed by atoms with Gasteiger partial charge >= 0.3 is 6.18 Å². The standard InChI is InChI=1S/C20H23ClF3N5O2/c1-27-7-9-28(10-8-27)19(30)17-16(21)18-25-14(12-3-5-13(31-2)6-4-12)11-15(20(22,23)24)29(18)26-17/h3-6,14-15,25H,7-11H2,1-2H3/p+1/t14-,15-/m1/s1. The van der Waals surface area contributed by atoms with Gasteiger partial charge in [0.25, 0.3) is 5.91 Å². The molecule has 1 aromatic carbocycles. The first-order valence-corrected chi connectivity index (χ1v) is 10.4. The van der Waals surface area contributed by atoms with Crippen LogP contribution in [0.1, 0.15) is 34.6 Å². The molecule has 2 N–H and O–H groups in total. The number of rotatable bonds is 3. The normalized spacial score (nSPS) is 22.1. The van der Waals surface area contributed by atoms with Gasteiger partial charge in [0.1, 0.15) is 16.6 Å². The number of piperazine rings is 1. The van der Waals surface area contributed by atoms with Crippen LogP contribution in [0, 0.1) is 0 Å². The van der Waals surface area contributed by atoms with Crippen LogP contribution in [-0.2, 0) is 0 Å². The Bertz CT molecular complexity index is 955. The second-order valence-electron chi connectivity index (χ2n) is 7.97. The van der Waals surface area contributed by atoms with Crippen LogP contribution in [0.25, 0.3) is 0 Å². The molecule has 4 rings (SSSR count). The lowest BCUT2D eigenvalue weighted by molar-refractivity contribution is -0.883. The summed E-state index contributed by atoms with van der Waals surface area (Å²) in [6.07, 6.45) is -4.82. The van der Waals surface area contributed by atoms with Crippen molar-refractivity contribution in [2.24, 2.45) is 0 Å². The molecule has 7 nitrogen and oxygen atoms in total. The summed E-state index contributed by atoms with van der Waals surface area (Å²) in [6.45, 7) is 2.54. The zero-order valence-corrected chi connectivity index (χ0v) is 17.9. The third-order valence-electron chi connectivity index (χ3n) is 5.92. The van der Waals surface area contributed by atoms with E-state index in [1.807, 2.05) is 7.05 Å². The number of halogens is 4. The molecule has 2 aliphatic rings. The smallest absolute Gasteiger partial charge is 0.410 e. The van der Waals surface area contributed by atoms with Gasteiger partial charge in [0.2, 0.25) is 0 Å². The first-order chi connectivity index (χ1) is 14.7. The highest BCUT2D eigenvalue weighted by Crippen LogP contribution is 2.46. The minimum atomic E-state index is -4.55. The van der Waals surface area contributed by atoms with Crippen LogP contribution in [-0.4, -0.2) is 67.1 Å². The lowest BCUT2D eigenvalue weighted by atomic mass is 9.97. The van der Waals surface area contributed by atoms with Crippen molar-refractivity contribution < 1.29 is 27.6 Å². The predicted octanol–water partition coefficient (Wildman–Crippen LogP) is 2.18. The van der Waals surface area contributed by atoms with Gasteiger partial charge in [-0.15, -0.1) is 0 Å². The zero-order valence-electron chi connectivity index (χ0n) is 17.2. The second-order valence-corrected chi connectivity index (χ2v) is 8.35. The maximum absolute atomic E-state index is 13.9. The van der Waals surface area contributed by atoms with E-state index in [0.29, 0.717) is 24.4 Å². The van der Waals surface area contributed by atoms with Gasteiger partial charge in [0, 0.05) is 6.42 Å². The minimum absolute atomic E-state index is 0.0131. The molecule has 0 spiro atoms. The lowest BCUT2D eigenvalue weighted by Gasteiger charge is -2.33. The van der Waals surface area contributed by atoms with E-state index in [-0.39, 0.29) is 23.0 Å². The fourth-order valence-corrected chi connectivity index (χ4v) is 4.28. The number of aromatic nitrogens is 2. The molecule has 31 heavy (non-hydrogen) atoms. The molecule has 2 aromatic rings. The van der Waals surface area contributed by atoms with Crippen molar-refractivity contribution in [3.63, 3.8) is 0 Å². The number of hydrogen-bond acceptors (Lipinski definition) is 4. The van der Waals surface area contributed by atoms with E-state index in [9.17, 15) is 18.0 Å². The number of nitrogens with one attached hydrogen (secondary N) is 2. The minimum Gasteiger partial charge on any atom is -0.497 e. The number of benzene rings is 1. The Kier molecular flexibility index (Phi) is 5.78. The monoisotopic (exact) mass is 458 g/mol. The molecule has 0 unspecified atom stereocenters. The van der Waals surface area contributed by atoms with Crippen molar-refractivity contribution in [2.45, 2.75) is 24.7 Å². The van der Waals surface area contributed by atoms with Crippen LogP contribution in [0.15, 0.2) is 24.3 Å². The average Bonchev–Trinajstić information content (AvgIpc) is 3.09. The number of ether oxygens (including phenoxy) is 1. The van der Waals surface area contributed by atoms with Gasteiger partial charge in [-0.3, -0.25) is 4.79 Å². The SMILES string of the molecule is COc1ccc([C@H]2C[C@H](C(F)(F)F)n3nc(C(=O)N4CC[NH+](C)CC4)c(Cl)c3N2)cc1. The summed E-state index contributed by atoms with van der Waals surface area (Å²) in [5.41, 5.74) is 0.516. The molecule has 2 atom stereocenters. The van der Waals surface area contributed by atoms with E-state index in [2.05, 4.69) is 10.4 Å². The second kappa shape index (κ2) is 8.23. The Morgan fingerprint density at radius 1 is 1.26 bits per heavy atom. The van der Waals surface area contributed by atoms with E-state index < -0.39 is 24.2 Å². The zero-order chi connectivity index (χ0) is 22.3. The van der Waals surface area contributed by atoms with Crippen molar-refractivity contribution in [2.75, 3.05) is 45.7 Å². The number of alkyl halides is 3. The molecule has 0 bridgehead atoms. The predicted molar refractivity (Wildman–Crippen MR) is 109 cm³/mol. The summed E-state index contributed by atoms with van der Waals surface area (Å²) in [5.74, 6) is 0.180. The number of methoxy groups -OCH3 is 1. The molecular formula is C20H24ClF3N5O2+. The summed E-state index contributed by atoms with van der Waals surface area (Å²) in [6, 6.07) is 4.26.